The van der Waals surface area contributed by atoms with Gasteiger partial charge in [0, 0.05) is 17.8 Å². The Kier molecular flexibility index (Phi) is 6.12. The number of aliphatic hydroxyl groups excluding tert-OH is 1. The summed E-state index contributed by atoms with van der Waals surface area (Å²) in [5.74, 6) is 0.911. The summed E-state index contributed by atoms with van der Waals surface area (Å²) in [7, 11) is 0. The van der Waals surface area contributed by atoms with Crippen molar-refractivity contribution in [3.63, 3.8) is 0 Å². The SMILES string of the molecule is C#Cc1cccc(NC(=O)C(=O)NCCC(O)c2ccccc2)c1. The normalized spacial score (nSPS) is 11.2. The molecule has 2 amide bonds. The minimum absolute atomic E-state index is 0.187. The molecule has 0 aromatic heterocycles. The second-order valence-electron chi connectivity index (χ2n) is 5.15. The molecule has 5 nitrogen and oxygen atoms in total. The van der Waals surface area contributed by atoms with E-state index in [0.29, 0.717) is 17.7 Å². The van der Waals surface area contributed by atoms with E-state index < -0.39 is 17.9 Å². The molecule has 2 aromatic rings. The number of hydrogen-bond donors (Lipinski definition) is 3. The number of rotatable bonds is 5. The molecule has 122 valence electrons. The average Bonchev–Trinajstić information content (AvgIpc) is 2.62. The first-order valence-electron chi connectivity index (χ1n) is 7.49. The summed E-state index contributed by atoms with van der Waals surface area (Å²) in [6.45, 7) is 0.187. The maximum Gasteiger partial charge on any atom is 0.313 e. The number of hydrogen-bond acceptors (Lipinski definition) is 3. The van der Waals surface area contributed by atoms with Crippen LogP contribution in [0.25, 0.3) is 0 Å². The Bertz CT molecular complexity index is 751. The van der Waals surface area contributed by atoms with E-state index in [1.54, 1.807) is 36.4 Å². The smallest absolute Gasteiger partial charge is 0.313 e. The topological polar surface area (TPSA) is 78.4 Å². The predicted octanol–water partition coefficient (Wildman–Crippen LogP) is 1.85. The molecule has 0 radical (unpaired) electrons. The first kappa shape index (κ1) is 17.3. The lowest BCUT2D eigenvalue weighted by Crippen LogP contribution is -2.36. The zero-order chi connectivity index (χ0) is 17.4. The van der Waals surface area contributed by atoms with E-state index in [4.69, 9.17) is 6.42 Å². The van der Waals surface area contributed by atoms with Crippen molar-refractivity contribution in [2.75, 3.05) is 11.9 Å². The molecule has 1 unspecified atom stereocenters. The highest BCUT2D eigenvalue weighted by Gasteiger charge is 2.14. The number of terminal acetylenes is 1. The molecule has 3 N–H and O–H groups in total. The van der Waals surface area contributed by atoms with Gasteiger partial charge in [-0.05, 0) is 30.2 Å². The molecule has 0 aliphatic carbocycles. The van der Waals surface area contributed by atoms with Crippen LogP contribution in [0.5, 0.6) is 0 Å². The van der Waals surface area contributed by atoms with Crippen LogP contribution in [-0.2, 0) is 9.59 Å². The highest BCUT2D eigenvalue weighted by atomic mass is 16.3. The average molecular weight is 322 g/mol. The van der Waals surface area contributed by atoms with Gasteiger partial charge in [-0.15, -0.1) is 6.42 Å². The third kappa shape index (κ3) is 4.97. The minimum Gasteiger partial charge on any atom is -0.388 e. The third-order valence-electron chi connectivity index (χ3n) is 3.38. The quantitative estimate of drug-likeness (QED) is 0.581. The van der Waals surface area contributed by atoms with Crippen LogP contribution in [0, 0.1) is 12.3 Å². The van der Waals surface area contributed by atoms with Crippen molar-refractivity contribution in [2.45, 2.75) is 12.5 Å². The molecule has 0 spiro atoms. The molecular formula is C19H18N2O3. The second kappa shape index (κ2) is 8.51. The Balaban J connectivity index is 1.79. The maximum absolute atomic E-state index is 11.8. The summed E-state index contributed by atoms with van der Waals surface area (Å²) in [6, 6.07) is 15.8. The highest BCUT2D eigenvalue weighted by molar-refractivity contribution is 6.39. The van der Waals surface area contributed by atoms with Crippen LogP contribution in [0.1, 0.15) is 23.7 Å². The van der Waals surface area contributed by atoms with Crippen LogP contribution in [0.4, 0.5) is 5.69 Å². The first-order chi connectivity index (χ1) is 11.6. The molecular weight excluding hydrogens is 304 g/mol. The largest absolute Gasteiger partial charge is 0.388 e. The fraction of sp³-hybridized carbons (Fsp3) is 0.158. The van der Waals surface area contributed by atoms with Gasteiger partial charge in [0.2, 0.25) is 0 Å². The van der Waals surface area contributed by atoms with Crippen LogP contribution in [0.2, 0.25) is 0 Å². The van der Waals surface area contributed by atoms with Gasteiger partial charge in [0.15, 0.2) is 0 Å². The summed E-state index contributed by atoms with van der Waals surface area (Å²) in [6.07, 6.45) is 4.91. The zero-order valence-corrected chi connectivity index (χ0v) is 13.0. The Morgan fingerprint density at radius 1 is 1.08 bits per heavy atom. The van der Waals surface area contributed by atoms with E-state index in [9.17, 15) is 14.7 Å². The standard InChI is InChI=1S/C19H18N2O3/c1-2-14-7-6-10-16(13-14)21-19(24)18(23)20-12-11-17(22)15-8-4-3-5-9-15/h1,3-10,13,17,22H,11-12H2,(H,20,23)(H,21,24). The van der Waals surface area contributed by atoms with E-state index >= 15 is 0 Å². The van der Waals surface area contributed by atoms with Gasteiger partial charge in [0.05, 0.1) is 6.10 Å². The van der Waals surface area contributed by atoms with Gasteiger partial charge >= 0.3 is 11.8 Å². The lowest BCUT2D eigenvalue weighted by Gasteiger charge is -2.11. The molecule has 0 aliphatic rings. The minimum atomic E-state index is -0.779. The fourth-order valence-corrected chi connectivity index (χ4v) is 2.12. The molecule has 24 heavy (non-hydrogen) atoms. The van der Waals surface area contributed by atoms with E-state index in [2.05, 4.69) is 16.6 Å². The summed E-state index contributed by atoms with van der Waals surface area (Å²) < 4.78 is 0. The number of nitrogens with one attached hydrogen (secondary N) is 2. The van der Waals surface area contributed by atoms with Crippen molar-refractivity contribution in [3.8, 4) is 12.3 Å². The van der Waals surface area contributed by atoms with Gasteiger partial charge in [-0.1, -0.05) is 42.3 Å². The lowest BCUT2D eigenvalue weighted by atomic mass is 10.1. The summed E-state index contributed by atoms with van der Waals surface area (Å²) in [4.78, 5) is 23.6. The number of benzene rings is 2. The van der Waals surface area contributed by atoms with Gasteiger partial charge in [0.25, 0.3) is 0 Å². The van der Waals surface area contributed by atoms with Gasteiger partial charge in [-0.2, -0.15) is 0 Å². The van der Waals surface area contributed by atoms with Crippen molar-refractivity contribution in [2.24, 2.45) is 0 Å². The Labute approximate surface area is 140 Å². The van der Waals surface area contributed by atoms with Gasteiger partial charge in [-0.25, -0.2) is 0 Å². The molecule has 5 heteroatoms. The Morgan fingerprint density at radius 2 is 1.83 bits per heavy atom. The Hall–Kier alpha value is -3.10. The summed E-state index contributed by atoms with van der Waals surface area (Å²) >= 11 is 0. The van der Waals surface area contributed by atoms with Crippen LogP contribution in [0.3, 0.4) is 0 Å². The number of carbonyl (C=O) groups is 2. The van der Waals surface area contributed by atoms with Gasteiger partial charge < -0.3 is 15.7 Å². The van der Waals surface area contributed by atoms with Gasteiger partial charge in [-0.3, -0.25) is 9.59 Å². The van der Waals surface area contributed by atoms with Crippen molar-refractivity contribution in [1.82, 2.24) is 5.32 Å². The zero-order valence-electron chi connectivity index (χ0n) is 13.0. The molecule has 0 fully saturated rings. The van der Waals surface area contributed by atoms with Crippen LogP contribution in [-0.4, -0.2) is 23.5 Å². The monoisotopic (exact) mass is 322 g/mol. The van der Waals surface area contributed by atoms with Crippen LogP contribution in [0.15, 0.2) is 54.6 Å². The van der Waals surface area contributed by atoms with E-state index in [1.807, 2.05) is 18.2 Å². The summed E-state index contributed by atoms with van der Waals surface area (Å²) in [5.41, 5.74) is 1.83. The first-order valence-corrected chi connectivity index (χ1v) is 7.49. The van der Waals surface area contributed by atoms with Crippen molar-refractivity contribution < 1.29 is 14.7 Å². The van der Waals surface area contributed by atoms with E-state index in [1.165, 1.54) is 0 Å². The van der Waals surface area contributed by atoms with Crippen LogP contribution < -0.4 is 10.6 Å². The molecule has 0 saturated heterocycles. The molecule has 0 bridgehead atoms. The third-order valence-corrected chi connectivity index (χ3v) is 3.38. The molecule has 2 rings (SSSR count). The molecule has 0 saturated carbocycles. The number of aliphatic hydroxyl groups is 1. The fourth-order valence-electron chi connectivity index (χ4n) is 2.12. The predicted molar refractivity (Wildman–Crippen MR) is 92.0 cm³/mol. The summed E-state index contributed by atoms with van der Waals surface area (Å²) in [5, 5.41) is 15.0. The van der Waals surface area contributed by atoms with Crippen molar-refractivity contribution in [1.29, 1.82) is 0 Å². The molecule has 0 aliphatic heterocycles. The van der Waals surface area contributed by atoms with E-state index in [-0.39, 0.29) is 6.54 Å². The van der Waals surface area contributed by atoms with Crippen molar-refractivity contribution in [3.05, 3.63) is 65.7 Å². The molecule has 0 heterocycles. The van der Waals surface area contributed by atoms with Crippen molar-refractivity contribution >= 4 is 17.5 Å². The second-order valence-corrected chi connectivity index (χ2v) is 5.15. The van der Waals surface area contributed by atoms with Gasteiger partial charge in [0.1, 0.15) is 0 Å². The Morgan fingerprint density at radius 3 is 2.54 bits per heavy atom. The molecule has 2 aromatic carbocycles. The number of anilines is 1. The number of amides is 2. The molecule has 1 atom stereocenters. The number of carbonyl (C=O) groups excluding carboxylic acids is 2. The van der Waals surface area contributed by atoms with E-state index in [0.717, 1.165) is 5.56 Å². The highest BCUT2D eigenvalue weighted by Crippen LogP contribution is 2.14. The lowest BCUT2D eigenvalue weighted by molar-refractivity contribution is -0.136. The maximum atomic E-state index is 11.8. The van der Waals surface area contributed by atoms with Crippen LogP contribution >= 0.6 is 0 Å².